The second-order valence-corrected chi connectivity index (χ2v) is 6.00. The highest BCUT2D eigenvalue weighted by Gasteiger charge is 1.93. The van der Waals surface area contributed by atoms with Crippen molar-refractivity contribution >= 4 is 42.1 Å². The Hall–Kier alpha value is 0.917. The summed E-state index contributed by atoms with van der Waals surface area (Å²) in [5, 5.41) is 0. The highest BCUT2D eigenvalue weighted by Crippen LogP contribution is 2.15. The summed E-state index contributed by atoms with van der Waals surface area (Å²) in [6.45, 7) is 0. The molecule has 0 amide bonds. The third kappa shape index (κ3) is 8.92. The molecule has 0 aromatic heterocycles. The molecule has 54 valence electrons. The first-order valence-corrected chi connectivity index (χ1v) is 6.15. The van der Waals surface area contributed by atoms with Gasteiger partial charge in [0.1, 0.15) is 0 Å². The van der Waals surface area contributed by atoms with Gasteiger partial charge in [0, 0.05) is 10.2 Å². The van der Waals surface area contributed by atoms with Gasteiger partial charge in [0.25, 0.3) is 0 Å². The zero-order valence-corrected chi connectivity index (χ0v) is 10.8. The zero-order chi connectivity index (χ0) is 7.11. The van der Waals surface area contributed by atoms with Crippen LogP contribution < -0.4 is 0 Å². The van der Waals surface area contributed by atoms with Crippen LogP contribution in [0, 0.1) is 0 Å². The summed E-state index contributed by atoms with van der Waals surface area (Å²) in [6, 6.07) is 0. The molecule has 0 saturated heterocycles. The number of hydrogen-bond acceptors (Lipinski definition) is 0. The average Bonchev–Trinajstić information content (AvgIpc) is 1.80. The van der Waals surface area contributed by atoms with Gasteiger partial charge in [-0.2, -0.15) is 0 Å². The van der Waals surface area contributed by atoms with Crippen molar-refractivity contribution < 1.29 is 0 Å². The molecular weight excluding hydrogens is 260 g/mol. The number of rotatable bonds is 4. The van der Waals surface area contributed by atoms with E-state index >= 15 is 0 Å². The molecule has 0 aromatic carbocycles. The van der Waals surface area contributed by atoms with Crippen LogP contribution in [0.5, 0.6) is 0 Å². The van der Waals surface area contributed by atoms with Crippen LogP contribution in [0.1, 0.15) is 19.3 Å². The normalized spacial score (nSPS) is 11.9. The molecule has 0 spiro atoms. The summed E-state index contributed by atoms with van der Waals surface area (Å²) >= 11 is 6.86. The maximum atomic E-state index is 3.43. The van der Waals surface area contributed by atoms with E-state index in [-0.39, 0.29) is 0 Å². The Morgan fingerprint density at radius 2 is 2.11 bits per heavy atom. The fourth-order valence-electron chi connectivity index (χ4n) is 0.557. The minimum atomic E-state index is 0.507. The lowest BCUT2D eigenvalue weighted by molar-refractivity contribution is 0.813. The zero-order valence-electron chi connectivity index (χ0n) is 5.61. The van der Waals surface area contributed by atoms with E-state index in [1.165, 1.54) is 29.5 Å². The van der Waals surface area contributed by atoms with Crippen LogP contribution >= 0.6 is 31.9 Å². The lowest BCUT2D eigenvalue weighted by atomic mass is 10.2. The van der Waals surface area contributed by atoms with Crippen LogP contribution in [0.3, 0.4) is 0 Å². The molecule has 0 aliphatic rings. The second kappa shape index (κ2) is 7.03. The van der Waals surface area contributed by atoms with Gasteiger partial charge in [0.15, 0.2) is 0 Å². The first kappa shape index (κ1) is 9.92. The Morgan fingerprint density at radius 1 is 1.44 bits per heavy atom. The number of alkyl halides is 2. The SMILES string of the molecule is [SiH3]C=CCCCC(Br)Br. The van der Waals surface area contributed by atoms with E-state index in [9.17, 15) is 0 Å². The number of hydrogen-bond donors (Lipinski definition) is 0. The fourth-order valence-corrected chi connectivity index (χ4v) is 1.54. The largest absolute Gasteiger partial charge is 0.109 e. The van der Waals surface area contributed by atoms with Gasteiger partial charge >= 0.3 is 0 Å². The molecule has 0 bridgehead atoms. The minimum Gasteiger partial charge on any atom is -0.109 e. The van der Waals surface area contributed by atoms with Crippen LogP contribution in [-0.2, 0) is 0 Å². The van der Waals surface area contributed by atoms with E-state index in [0.717, 1.165) is 0 Å². The van der Waals surface area contributed by atoms with Gasteiger partial charge in [-0.3, -0.25) is 0 Å². The van der Waals surface area contributed by atoms with Crippen molar-refractivity contribution in [3.05, 3.63) is 11.8 Å². The van der Waals surface area contributed by atoms with E-state index in [1.807, 2.05) is 0 Å². The molecule has 0 saturated carbocycles. The van der Waals surface area contributed by atoms with E-state index in [2.05, 4.69) is 43.6 Å². The second-order valence-electron chi connectivity index (χ2n) is 1.89. The van der Waals surface area contributed by atoms with Gasteiger partial charge in [-0.15, -0.1) is 5.70 Å². The predicted octanol–water partition coefficient (Wildman–Crippen LogP) is 2.15. The molecule has 0 rings (SSSR count). The maximum absolute atomic E-state index is 3.43. The van der Waals surface area contributed by atoms with Crippen molar-refractivity contribution in [3.63, 3.8) is 0 Å². The molecular formula is C6H12Br2Si. The first-order valence-electron chi connectivity index (χ1n) is 3.16. The van der Waals surface area contributed by atoms with E-state index in [4.69, 9.17) is 0 Å². The van der Waals surface area contributed by atoms with Gasteiger partial charge in [-0.25, -0.2) is 0 Å². The Balaban J connectivity index is 2.91. The minimum absolute atomic E-state index is 0.507. The molecule has 0 radical (unpaired) electrons. The molecule has 0 fully saturated rings. The smallest absolute Gasteiger partial charge is 0.0698 e. The van der Waals surface area contributed by atoms with E-state index < -0.39 is 0 Å². The molecule has 0 atom stereocenters. The Kier molecular flexibility index (Phi) is 7.75. The highest BCUT2D eigenvalue weighted by atomic mass is 79.9. The van der Waals surface area contributed by atoms with E-state index in [1.54, 1.807) is 0 Å². The van der Waals surface area contributed by atoms with Crippen molar-refractivity contribution in [1.29, 1.82) is 0 Å². The Bertz CT molecular complexity index is 81.1. The molecule has 0 N–H and O–H groups in total. The van der Waals surface area contributed by atoms with Gasteiger partial charge in [-0.1, -0.05) is 37.9 Å². The van der Waals surface area contributed by atoms with E-state index in [0.29, 0.717) is 3.74 Å². The van der Waals surface area contributed by atoms with Gasteiger partial charge in [0.2, 0.25) is 0 Å². The highest BCUT2D eigenvalue weighted by molar-refractivity contribution is 9.24. The summed E-state index contributed by atoms with van der Waals surface area (Å²) in [5.74, 6) is 0. The van der Waals surface area contributed by atoms with Gasteiger partial charge < -0.3 is 0 Å². The summed E-state index contributed by atoms with van der Waals surface area (Å²) in [5.41, 5.74) is 2.23. The molecule has 3 heteroatoms. The summed E-state index contributed by atoms with van der Waals surface area (Å²) in [7, 11) is 1.20. The molecule has 0 heterocycles. The Labute approximate surface area is 76.8 Å². The maximum Gasteiger partial charge on any atom is 0.0698 e. The van der Waals surface area contributed by atoms with Crippen molar-refractivity contribution in [2.24, 2.45) is 0 Å². The predicted molar refractivity (Wildman–Crippen MR) is 54.6 cm³/mol. The molecule has 0 aliphatic carbocycles. The summed E-state index contributed by atoms with van der Waals surface area (Å²) in [6.07, 6.45) is 5.98. The van der Waals surface area contributed by atoms with Crippen LogP contribution in [0.4, 0.5) is 0 Å². The van der Waals surface area contributed by atoms with Gasteiger partial charge in [-0.05, 0) is 19.3 Å². The van der Waals surface area contributed by atoms with Crippen LogP contribution in [-0.4, -0.2) is 14.0 Å². The topological polar surface area (TPSA) is 0 Å². The van der Waals surface area contributed by atoms with Crippen molar-refractivity contribution in [1.82, 2.24) is 0 Å². The van der Waals surface area contributed by atoms with Gasteiger partial charge in [0.05, 0.1) is 3.74 Å². The third-order valence-corrected chi connectivity index (χ3v) is 2.42. The molecule has 9 heavy (non-hydrogen) atoms. The number of allylic oxidation sites excluding steroid dienone is 1. The lowest BCUT2D eigenvalue weighted by Gasteiger charge is -1.96. The fraction of sp³-hybridized carbons (Fsp3) is 0.667. The monoisotopic (exact) mass is 270 g/mol. The van der Waals surface area contributed by atoms with Crippen LogP contribution in [0.2, 0.25) is 0 Å². The molecule has 0 aliphatic heterocycles. The van der Waals surface area contributed by atoms with Crippen LogP contribution in [0.25, 0.3) is 0 Å². The standard InChI is InChI=1S/C6H12Br2Si/c7-6(8)4-2-1-3-5-9/h3,5-6H,1-2,4H2,9H3. The molecule has 0 aromatic rings. The van der Waals surface area contributed by atoms with Crippen molar-refractivity contribution in [2.45, 2.75) is 23.0 Å². The Morgan fingerprint density at radius 3 is 2.56 bits per heavy atom. The number of unbranched alkanes of at least 4 members (excludes halogenated alkanes) is 1. The summed E-state index contributed by atoms with van der Waals surface area (Å²) < 4.78 is 0.507. The third-order valence-electron chi connectivity index (χ3n) is 1.03. The van der Waals surface area contributed by atoms with Crippen molar-refractivity contribution in [3.8, 4) is 0 Å². The molecule has 0 nitrogen and oxygen atoms in total. The van der Waals surface area contributed by atoms with Crippen LogP contribution in [0.15, 0.2) is 11.8 Å². The average molecular weight is 272 g/mol. The number of halogens is 2. The molecule has 0 unspecified atom stereocenters. The lowest BCUT2D eigenvalue weighted by Crippen LogP contribution is -1.82. The summed E-state index contributed by atoms with van der Waals surface area (Å²) in [4.78, 5) is 0. The first-order chi connectivity index (χ1) is 4.27. The quantitative estimate of drug-likeness (QED) is 0.418. The van der Waals surface area contributed by atoms with Crippen molar-refractivity contribution in [2.75, 3.05) is 0 Å².